The standard InChI is InChI=1S/C13H13BrO2/c1-9-6-7-16-13(9)12(15)8-10-4-2-3-5-11(10)14/h2-7,12,15H,8H2,1H3. The van der Waals surface area contributed by atoms with Crippen molar-refractivity contribution in [3.05, 3.63) is 58.0 Å². The molecular formula is C13H13BrO2. The van der Waals surface area contributed by atoms with E-state index in [4.69, 9.17) is 4.42 Å². The highest BCUT2D eigenvalue weighted by Gasteiger charge is 2.15. The van der Waals surface area contributed by atoms with Gasteiger partial charge < -0.3 is 9.52 Å². The second kappa shape index (κ2) is 4.85. The Hall–Kier alpha value is -1.06. The molecule has 1 N–H and O–H groups in total. The third-order valence-corrected chi connectivity index (χ3v) is 3.35. The molecule has 0 amide bonds. The smallest absolute Gasteiger partial charge is 0.135 e. The van der Waals surface area contributed by atoms with Gasteiger partial charge in [-0.05, 0) is 30.2 Å². The van der Waals surface area contributed by atoms with Crippen LogP contribution in [0.2, 0.25) is 0 Å². The monoisotopic (exact) mass is 280 g/mol. The zero-order valence-electron chi connectivity index (χ0n) is 8.98. The van der Waals surface area contributed by atoms with Crippen LogP contribution in [-0.2, 0) is 6.42 Å². The molecule has 2 rings (SSSR count). The zero-order chi connectivity index (χ0) is 11.5. The molecule has 2 nitrogen and oxygen atoms in total. The summed E-state index contributed by atoms with van der Waals surface area (Å²) in [5, 5.41) is 10.1. The summed E-state index contributed by atoms with van der Waals surface area (Å²) in [6.45, 7) is 1.93. The summed E-state index contributed by atoms with van der Waals surface area (Å²) in [5.74, 6) is 0.649. The van der Waals surface area contributed by atoms with Gasteiger partial charge in [0.15, 0.2) is 0 Å². The van der Waals surface area contributed by atoms with Gasteiger partial charge in [-0.15, -0.1) is 0 Å². The first-order chi connectivity index (χ1) is 7.68. The van der Waals surface area contributed by atoms with Crippen LogP contribution in [0, 0.1) is 6.92 Å². The Bertz CT molecular complexity index is 476. The Morgan fingerprint density at radius 1 is 1.31 bits per heavy atom. The van der Waals surface area contributed by atoms with Gasteiger partial charge in [-0.1, -0.05) is 34.1 Å². The highest BCUT2D eigenvalue weighted by atomic mass is 79.9. The summed E-state index contributed by atoms with van der Waals surface area (Å²) in [4.78, 5) is 0. The van der Waals surface area contributed by atoms with Crippen LogP contribution in [0.3, 0.4) is 0 Å². The van der Waals surface area contributed by atoms with Gasteiger partial charge in [-0.2, -0.15) is 0 Å². The summed E-state index contributed by atoms with van der Waals surface area (Å²) in [5.41, 5.74) is 2.06. The number of halogens is 1. The lowest BCUT2D eigenvalue weighted by atomic mass is 10.0. The van der Waals surface area contributed by atoms with Crippen molar-refractivity contribution in [2.45, 2.75) is 19.4 Å². The van der Waals surface area contributed by atoms with Crippen LogP contribution in [0.15, 0.2) is 45.5 Å². The molecule has 1 unspecified atom stereocenters. The average molecular weight is 281 g/mol. The van der Waals surface area contributed by atoms with Crippen LogP contribution in [0.25, 0.3) is 0 Å². The van der Waals surface area contributed by atoms with Crippen molar-refractivity contribution in [3.8, 4) is 0 Å². The molecule has 0 spiro atoms. The van der Waals surface area contributed by atoms with E-state index >= 15 is 0 Å². The lowest BCUT2D eigenvalue weighted by Crippen LogP contribution is -2.02. The fourth-order valence-electron chi connectivity index (χ4n) is 1.69. The maximum Gasteiger partial charge on any atom is 0.135 e. The molecule has 0 radical (unpaired) electrons. The number of hydrogen-bond donors (Lipinski definition) is 1. The normalized spacial score (nSPS) is 12.7. The van der Waals surface area contributed by atoms with Gasteiger partial charge >= 0.3 is 0 Å². The average Bonchev–Trinajstić information content (AvgIpc) is 2.68. The van der Waals surface area contributed by atoms with Crippen molar-refractivity contribution < 1.29 is 9.52 Å². The minimum atomic E-state index is -0.589. The van der Waals surface area contributed by atoms with E-state index in [0.29, 0.717) is 12.2 Å². The van der Waals surface area contributed by atoms with Crippen molar-refractivity contribution in [1.82, 2.24) is 0 Å². The molecule has 0 saturated heterocycles. The molecule has 3 heteroatoms. The summed E-state index contributed by atoms with van der Waals surface area (Å²) in [7, 11) is 0. The molecule has 1 aromatic heterocycles. The number of furan rings is 1. The molecule has 0 aliphatic carbocycles. The molecule has 2 aromatic rings. The third kappa shape index (κ3) is 2.36. The predicted molar refractivity (Wildman–Crippen MR) is 66.3 cm³/mol. The minimum Gasteiger partial charge on any atom is -0.466 e. The van der Waals surface area contributed by atoms with Crippen LogP contribution < -0.4 is 0 Å². The van der Waals surface area contributed by atoms with Crippen molar-refractivity contribution >= 4 is 15.9 Å². The molecule has 0 aliphatic rings. The van der Waals surface area contributed by atoms with E-state index in [1.807, 2.05) is 37.3 Å². The quantitative estimate of drug-likeness (QED) is 0.932. The van der Waals surface area contributed by atoms with E-state index in [1.54, 1.807) is 6.26 Å². The summed E-state index contributed by atoms with van der Waals surface area (Å²) < 4.78 is 6.29. The molecule has 84 valence electrons. The molecule has 1 heterocycles. The van der Waals surface area contributed by atoms with Gasteiger partial charge in [-0.25, -0.2) is 0 Å². The summed E-state index contributed by atoms with van der Waals surface area (Å²) >= 11 is 3.46. The zero-order valence-corrected chi connectivity index (χ0v) is 10.6. The molecule has 0 fully saturated rings. The number of rotatable bonds is 3. The van der Waals surface area contributed by atoms with E-state index in [1.165, 1.54) is 0 Å². The first-order valence-corrected chi connectivity index (χ1v) is 5.93. The van der Waals surface area contributed by atoms with Crippen molar-refractivity contribution in [1.29, 1.82) is 0 Å². The van der Waals surface area contributed by atoms with E-state index in [-0.39, 0.29) is 0 Å². The SMILES string of the molecule is Cc1ccoc1C(O)Cc1ccccc1Br. The molecule has 0 aliphatic heterocycles. The highest BCUT2D eigenvalue weighted by molar-refractivity contribution is 9.10. The van der Waals surface area contributed by atoms with E-state index in [2.05, 4.69) is 15.9 Å². The lowest BCUT2D eigenvalue weighted by Gasteiger charge is -2.10. The number of benzene rings is 1. The first kappa shape index (κ1) is 11.4. The molecule has 1 aromatic carbocycles. The Morgan fingerprint density at radius 3 is 2.69 bits per heavy atom. The Kier molecular flexibility index (Phi) is 3.46. The highest BCUT2D eigenvalue weighted by Crippen LogP contribution is 2.25. The third-order valence-electron chi connectivity index (χ3n) is 2.58. The van der Waals surface area contributed by atoms with Gasteiger partial charge in [0.25, 0.3) is 0 Å². The maximum atomic E-state index is 10.1. The van der Waals surface area contributed by atoms with Crippen LogP contribution in [0.5, 0.6) is 0 Å². The Morgan fingerprint density at radius 2 is 2.06 bits per heavy atom. The molecule has 0 saturated carbocycles. The number of aryl methyl sites for hydroxylation is 1. The minimum absolute atomic E-state index is 0.551. The van der Waals surface area contributed by atoms with Gasteiger partial charge in [0.05, 0.1) is 6.26 Å². The topological polar surface area (TPSA) is 33.4 Å². The van der Waals surface area contributed by atoms with Crippen molar-refractivity contribution in [3.63, 3.8) is 0 Å². The number of aliphatic hydroxyl groups is 1. The van der Waals surface area contributed by atoms with E-state index in [9.17, 15) is 5.11 Å². The van der Waals surface area contributed by atoms with Crippen LogP contribution in [0.1, 0.15) is 23.0 Å². The fourth-order valence-corrected chi connectivity index (χ4v) is 2.14. The van der Waals surface area contributed by atoms with Crippen molar-refractivity contribution in [2.24, 2.45) is 0 Å². The number of aliphatic hydroxyl groups excluding tert-OH is 1. The largest absolute Gasteiger partial charge is 0.466 e. The van der Waals surface area contributed by atoms with Gasteiger partial charge in [0.2, 0.25) is 0 Å². The van der Waals surface area contributed by atoms with Crippen molar-refractivity contribution in [2.75, 3.05) is 0 Å². The molecule has 16 heavy (non-hydrogen) atoms. The van der Waals surface area contributed by atoms with Crippen LogP contribution >= 0.6 is 15.9 Å². The number of hydrogen-bond acceptors (Lipinski definition) is 2. The van der Waals surface area contributed by atoms with Gasteiger partial charge in [0.1, 0.15) is 11.9 Å². The predicted octanol–water partition coefficient (Wildman–Crippen LogP) is 3.63. The first-order valence-electron chi connectivity index (χ1n) is 5.14. The molecule has 1 atom stereocenters. The molecular weight excluding hydrogens is 268 g/mol. The Balaban J connectivity index is 2.17. The Labute approximate surface area is 103 Å². The van der Waals surface area contributed by atoms with Crippen LogP contribution in [-0.4, -0.2) is 5.11 Å². The second-order valence-electron chi connectivity index (χ2n) is 3.78. The van der Waals surface area contributed by atoms with E-state index in [0.717, 1.165) is 15.6 Å². The molecule has 0 bridgehead atoms. The fraction of sp³-hybridized carbons (Fsp3) is 0.231. The van der Waals surface area contributed by atoms with Gasteiger partial charge in [-0.3, -0.25) is 0 Å². The van der Waals surface area contributed by atoms with Gasteiger partial charge in [0, 0.05) is 10.9 Å². The second-order valence-corrected chi connectivity index (χ2v) is 4.63. The summed E-state index contributed by atoms with van der Waals surface area (Å²) in [6, 6.07) is 9.74. The van der Waals surface area contributed by atoms with E-state index < -0.39 is 6.10 Å². The lowest BCUT2D eigenvalue weighted by molar-refractivity contribution is 0.149. The maximum absolute atomic E-state index is 10.1. The summed E-state index contributed by atoms with van der Waals surface area (Å²) in [6.07, 6.45) is 1.57. The van der Waals surface area contributed by atoms with Crippen LogP contribution in [0.4, 0.5) is 0 Å².